The summed E-state index contributed by atoms with van der Waals surface area (Å²) in [4.78, 5) is 39.3. The third-order valence-electron chi connectivity index (χ3n) is 4.41. The Morgan fingerprint density at radius 1 is 1.28 bits per heavy atom. The highest BCUT2D eigenvalue weighted by Gasteiger charge is 2.28. The van der Waals surface area contributed by atoms with Gasteiger partial charge in [0.25, 0.3) is 5.91 Å². The van der Waals surface area contributed by atoms with Crippen molar-refractivity contribution in [2.75, 3.05) is 34.2 Å². The highest BCUT2D eigenvalue weighted by atomic mass is 16.5. The van der Waals surface area contributed by atoms with Crippen LogP contribution in [0.4, 0.5) is 0 Å². The Balaban J connectivity index is 0.000000438. The van der Waals surface area contributed by atoms with Crippen molar-refractivity contribution >= 4 is 28.7 Å². The highest BCUT2D eigenvalue weighted by Crippen LogP contribution is 2.29. The molecule has 0 bridgehead atoms. The standard InChI is InChI=1S/C18H23N3O2.C2H2O4/c1-12-6-5-7-13-10-15-17(19-16(12)13)18(22)21(4)11-14(23-15)8-9-20(2)3;3-1(4)2(5)6/h5-7,10,14H,8-9,11H2,1-4H3;(H,3,4)(H,5,6). The molecule has 9 heteroatoms. The Morgan fingerprint density at radius 3 is 2.52 bits per heavy atom. The molecule has 0 saturated carbocycles. The van der Waals surface area contributed by atoms with Crippen molar-refractivity contribution in [1.29, 1.82) is 0 Å². The molecule has 0 fully saturated rings. The third kappa shape index (κ3) is 5.64. The van der Waals surface area contributed by atoms with Crippen molar-refractivity contribution in [3.05, 3.63) is 35.5 Å². The van der Waals surface area contributed by atoms with Crippen LogP contribution in [-0.4, -0.2) is 83.2 Å². The lowest BCUT2D eigenvalue weighted by molar-refractivity contribution is -0.159. The molecule has 0 spiro atoms. The zero-order valence-corrected chi connectivity index (χ0v) is 16.9. The van der Waals surface area contributed by atoms with Gasteiger partial charge in [-0.2, -0.15) is 0 Å². The highest BCUT2D eigenvalue weighted by molar-refractivity contribution is 6.27. The molecule has 0 saturated heterocycles. The number of ether oxygens (including phenoxy) is 1. The first-order valence-electron chi connectivity index (χ1n) is 9.03. The lowest BCUT2D eigenvalue weighted by atomic mass is 10.1. The second kappa shape index (κ2) is 9.33. The minimum absolute atomic E-state index is 0.0170. The van der Waals surface area contributed by atoms with Crippen molar-refractivity contribution in [2.45, 2.75) is 19.4 Å². The maximum absolute atomic E-state index is 12.6. The van der Waals surface area contributed by atoms with Crippen LogP contribution in [0.1, 0.15) is 22.5 Å². The van der Waals surface area contributed by atoms with Crippen LogP contribution < -0.4 is 4.74 Å². The largest absolute Gasteiger partial charge is 0.486 e. The molecule has 1 aliphatic rings. The first kappa shape index (κ1) is 22.1. The summed E-state index contributed by atoms with van der Waals surface area (Å²) in [5.74, 6) is -3.12. The number of amides is 1. The first-order chi connectivity index (χ1) is 13.6. The van der Waals surface area contributed by atoms with E-state index in [1.807, 2.05) is 52.3 Å². The quantitative estimate of drug-likeness (QED) is 0.740. The number of carbonyl (C=O) groups excluding carboxylic acids is 1. The zero-order chi connectivity index (χ0) is 21.7. The van der Waals surface area contributed by atoms with Crippen molar-refractivity contribution in [3.8, 4) is 5.75 Å². The number of likely N-dealkylation sites (N-methyl/N-ethyl adjacent to an activating group) is 1. The molecule has 1 amide bonds. The number of nitrogens with zero attached hydrogens (tertiary/aromatic N) is 3. The van der Waals surface area contributed by atoms with Gasteiger partial charge in [0.2, 0.25) is 0 Å². The van der Waals surface area contributed by atoms with Gasteiger partial charge in [0.15, 0.2) is 11.4 Å². The maximum Gasteiger partial charge on any atom is 0.414 e. The number of aryl methyl sites for hydroxylation is 1. The maximum atomic E-state index is 12.6. The molecule has 0 aliphatic carbocycles. The van der Waals surface area contributed by atoms with Gasteiger partial charge in [0, 0.05) is 19.0 Å². The van der Waals surface area contributed by atoms with Crippen LogP contribution in [0.2, 0.25) is 0 Å². The van der Waals surface area contributed by atoms with E-state index >= 15 is 0 Å². The Labute approximate surface area is 168 Å². The predicted octanol–water partition coefficient (Wildman–Crippen LogP) is 1.48. The normalized spacial score (nSPS) is 15.8. The summed E-state index contributed by atoms with van der Waals surface area (Å²) in [5.41, 5.74) is 2.35. The Morgan fingerprint density at radius 2 is 1.93 bits per heavy atom. The van der Waals surface area contributed by atoms with Gasteiger partial charge in [0.1, 0.15) is 6.10 Å². The second-order valence-electron chi connectivity index (χ2n) is 7.11. The molecule has 9 nitrogen and oxygen atoms in total. The topological polar surface area (TPSA) is 120 Å². The average molecular weight is 403 g/mol. The van der Waals surface area contributed by atoms with Gasteiger partial charge >= 0.3 is 11.9 Å². The number of aliphatic carboxylic acids is 2. The van der Waals surface area contributed by atoms with E-state index in [2.05, 4.69) is 9.88 Å². The van der Waals surface area contributed by atoms with Crippen LogP contribution in [0.5, 0.6) is 5.75 Å². The number of para-hydroxylation sites is 1. The monoisotopic (exact) mass is 403 g/mol. The van der Waals surface area contributed by atoms with E-state index < -0.39 is 11.9 Å². The summed E-state index contributed by atoms with van der Waals surface area (Å²) < 4.78 is 6.14. The summed E-state index contributed by atoms with van der Waals surface area (Å²) in [5, 5.41) is 15.8. The molecule has 1 atom stereocenters. The number of fused-ring (bicyclic) bond motifs is 2. The van der Waals surface area contributed by atoms with Gasteiger partial charge in [-0.1, -0.05) is 18.2 Å². The van der Waals surface area contributed by atoms with E-state index in [4.69, 9.17) is 24.5 Å². The zero-order valence-electron chi connectivity index (χ0n) is 16.9. The smallest absolute Gasteiger partial charge is 0.414 e. The lowest BCUT2D eigenvalue weighted by Gasteiger charge is -2.21. The van der Waals surface area contributed by atoms with Gasteiger partial charge in [-0.25, -0.2) is 14.6 Å². The number of carbonyl (C=O) groups is 3. The average Bonchev–Trinajstić information content (AvgIpc) is 2.76. The number of carboxylic acids is 2. The fourth-order valence-electron chi connectivity index (χ4n) is 2.91. The Hall–Kier alpha value is -3.20. The summed E-state index contributed by atoms with van der Waals surface area (Å²) in [6, 6.07) is 7.96. The van der Waals surface area contributed by atoms with E-state index in [0.717, 1.165) is 29.4 Å². The molecular weight excluding hydrogens is 378 g/mol. The van der Waals surface area contributed by atoms with Crippen molar-refractivity contribution < 1.29 is 29.3 Å². The number of carboxylic acid groups (broad SMARTS) is 2. The minimum atomic E-state index is -1.82. The molecule has 2 N–H and O–H groups in total. The van der Waals surface area contributed by atoms with Crippen LogP contribution in [0.3, 0.4) is 0 Å². The molecule has 1 aliphatic heterocycles. The van der Waals surface area contributed by atoms with Gasteiger partial charge in [0.05, 0.1) is 12.1 Å². The van der Waals surface area contributed by atoms with Crippen molar-refractivity contribution in [1.82, 2.24) is 14.8 Å². The molecule has 1 aromatic carbocycles. The fourth-order valence-corrected chi connectivity index (χ4v) is 2.91. The first-order valence-corrected chi connectivity index (χ1v) is 9.03. The number of hydrogen-bond donors (Lipinski definition) is 2. The van der Waals surface area contributed by atoms with Gasteiger partial charge in [-0.15, -0.1) is 0 Å². The van der Waals surface area contributed by atoms with Crippen LogP contribution in [0.15, 0.2) is 24.3 Å². The number of aromatic nitrogens is 1. The van der Waals surface area contributed by atoms with Crippen LogP contribution in [0, 0.1) is 6.92 Å². The number of benzene rings is 1. The fraction of sp³-hybridized carbons (Fsp3) is 0.400. The number of pyridine rings is 1. The van der Waals surface area contributed by atoms with Crippen molar-refractivity contribution in [3.63, 3.8) is 0 Å². The second-order valence-corrected chi connectivity index (χ2v) is 7.11. The lowest BCUT2D eigenvalue weighted by Crippen LogP contribution is -2.35. The van der Waals surface area contributed by atoms with Crippen LogP contribution in [-0.2, 0) is 9.59 Å². The molecule has 156 valence electrons. The van der Waals surface area contributed by atoms with E-state index in [1.54, 1.807) is 4.90 Å². The number of hydrogen-bond acceptors (Lipinski definition) is 6. The van der Waals surface area contributed by atoms with Gasteiger partial charge in [-0.05, 0) is 39.1 Å². The third-order valence-corrected chi connectivity index (χ3v) is 4.41. The molecule has 2 aromatic rings. The van der Waals surface area contributed by atoms with Crippen molar-refractivity contribution in [2.24, 2.45) is 0 Å². The van der Waals surface area contributed by atoms with Gasteiger partial charge in [-0.3, -0.25) is 4.79 Å². The van der Waals surface area contributed by atoms with Crippen LogP contribution >= 0.6 is 0 Å². The van der Waals surface area contributed by atoms with E-state index in [1.165, 1.54) is 0 Å². The Bertz CT molecular complexity index is 916. The molecule has 0 radical (unpaired) electrons. The Kier molecular flexibility index (Phi) is 7.11. The molecule has 3 rings (SSSR count). The molecular formula is C20H25N3O6. The summed E-state index contributed by atoms with van der Waals surface area (Å²) >= 11 is 0. The van der Waals surface area contributed by atoms with E-state index in [9.17, 15) is 4.79 Å². The summed E-state index contributed by atoms with van der Waals surface area (Å²) in [6.07, 6.45) is 0.854. The number of rotatable bonds is 3. The van der Waals surface area contributed by atoms with Crippen LogP contribution in [0.25, 0.3) is 10.9 Å². The SMILES string of the molecule is Cc1cccc2cc3c(nc12)C(=O)N(C)CC(CCN(C)C)O3.O=C(O)C(=O)O. The van der Waals surface area contributed by atoms with E-state index in [0.29, 0.717) is 18.0 Å². The summed E-state index contributed by atoms with van der Waals surface area (Å²) in [6.45, 7) is 3.51. The molecule has 1 unspecified atom stereocenters. The molecule has 1 aromatic heterocycles. The molecule has 29 heavy (non-hydrogen) atoms. The minimum Gasteiger partial charge on any atom is -0.486 e. The predicted molar refractivity (Wildman–Crippen MR) is 106 cm³/mol. The van der Waals surface area contributed by atoms with E-state index in [-0.39, 0.29) is 12.0 Å². The van der Waals surface area contributed by atoms with Gasteiger partial charge < -0.3 is 24.7 Å². The summed E-state index contributed by atoms with van der Waals surface area (Å²) in [7, 11) is 5.89. The molecule has 2 heterocycles.